The molecule has 0 spiro atoms. The van der Waals surface area contributed by atoms with E-state index in [0.717, 1.165) is 4.47 Å². The van der Waals surface area contributed by atoms with Gasteiger partial charge in [-0.1, -0.05) is 34.1 Å². The Morgan fingerprint density at radius 1 is 1.19 bits per heavy atom. The van der Waals surface area contributed by atoms with Crippen LogP contribution < -0.4 is 5.32 Å². The molecule has 2 rings (SSSR count). The molecule has 0 fully saturated rings. The lowest BCUT2D eigenvalue weighted by atomic mass is 10.1. The first-order valence-corrected chi connectivity index (χ1v) is 7.50. The molecule has 0 bridgehead atoms. The number of methoxy groups -OCH3 is 1. The molecule has 1 heterocycles. The first-order chi connectivity index (χ1) is 10.0. The Balaban J connectivity index is 2.07. The zero-order valence-corrected chi connectivity index (χ0v) is 13.8. The van der Waals surface area contributed by atoms with E-state index in [1.54, 1.807) is 12.1 Å². The second kappa shape index (κ2) is 6.91. The molecular formula is C16H18BrNO3. The number of ether oxygens (including phenoxy) is 1. The molecule has 2 atom stereocenters. The summed E-state index contributed by atoms with van der Waals surface area (Å²) in [4.78, 5) is 11.4. The molecule has 0 radical (unpaired) electrons. The van der Waals surface area contributed by atoms with E-state index in [9.17, 15) is 4.79 Å². The maximum atomic E-state index is 11.4. The van der Waals surface area contributed by atoms with Gasteiger partial charge in [0.1, 0.15) is 5.76 Å². The first kappa shape index (κ1) is 15.8. The first-order valence-electron chi connectivity index (χ1n) is 6.71. The van der Waals surface area contributed by atoms with E-state index in [0.29, 0.717) is 5.76 Å². The van der Waals surface area contributed by atoms with Crippen molar-refractivity contribution in [3.63, 3.8) is 0 Å². The van der Waals surface area contributed by atoms with Gasteiger partial charge in [-0.2, -0.15) is 0 Å². The maximum absolute atomic E-state index is 11.4. The van der Waals surface area contributed by atoms with Gasteiger partial charge in [0.25, 0.3) is 0 Å². The normalized spacial score (nSPS) is 13.7. The summed E-state index contributed by atoms with van der Waals surface area (Å²) in [6, 6.07) is 11.6. The van der Waals surface area contributed by atoms with Crippen LogP contribution in [0.25, 0.3) is 0 Å². The fourth-order valence-corrected chi connectivity index (χ4v) is 2.80. The average Bonchev–Trinajstić information content (AvgIpc) is 2.96. The van der Waals surface area contributed by atoms with Crippen LogP contribution in [0.1, 0.15) is 47.8 Å². The molecule has 0 aliphatic heterocycles. The molecule has 112 valence electrons. The van der Waals surface area contributed by atoms with Crippen molar-refractivity contribution in [1.82, 2.24) is 5.32 Å². The highest BCUT2D eigenvalue weighted by Gasteiger charge is 2.18. The minimum atomic E-state index is -0.465. The zero-order chi connectivity index (χ0) is 15.4. The van der Waals surface area contributed by atoms with Crippen LogP contribution in [0.3, 0.4) is 0 Å². The number of esters is 1. The van der Waals surface area contributed by atoms with Gasteiger partial charge in [-0.3, -0.25) is 0 Å². The minimum absolute atomic E-state index is 0.0227. The molecule has 2 aromatic rings. The number of benzene rings is 1. The summed E-state index contributed by atoms with van der Waals surface area (Å²) in [6.07, 6.45) is 0. The molecule has 1 N–H and O–H groups in total. The monoisotopic (exact) mass is 351 g/mol. The van der Waals surface area contributed by atoms with Crippen molar-refractivity contribution in [1.29, 1.82) is 0 Å². The van der Waals surface area contributed by atoms with Crippen LogP contribution in [-0.2, 0) is 4.74 Å². The summed E-state index contributed by atoms with van der Waals surface area (Å²) >= 11 is 3.55. The molecule has 0 saturated carbocycles. The van der Waals surface area contributed by atoms with Gasteiger partial charge in [0.2, 0.25) is 5.76 Å². The second-order valence-electron chi connectivity index (χ2n) is 4.83. The van der Waals surface area contributed by atoms with Crippen molar-refractivity contribution in [2.45, 2.75) is 25.9 Å². The smallest absolute Gasteiger partial charge is 0.373 e. The van der Waals surface area contributed by atoms with Crippen LogP contribution in [-0.4, -0.2) is 13.1 Å². The summed E-state index contributed by atoms with van der Waals surface area (Å²) in [6.45, 7) is 4.08. The number of hydrogen-bond acceptors (Lipinski definition) is 4. The van der Waals surface area contributed by atoms with Gasteiger partial charge in [0.15, 0.2) is 0 Å². The van der Waals surface area contributed by atoms with Gasteiger partial charge in [-0.25, -0.2) is 4.79 Å². The molecule has 0 aliphatic rings. The predicted octanol–water partition coefficient (Wildman–Crippen LogP) is 4.24. The SMILES string of the molecule is COC(=O)c1ccc(C(C)N[C@H](C)c2ccccc2Br)o1. The highest BCUT2D eigenvalue weighted by molar-refractivity contribution is 9.10. The Morgan fingerprint density at radius 3 is 2.57 bits per heavy atom. The van der Waals surface area contributed by atoms with Crippen LogP contribution in [0.4, 0.5) is 0 Å². The molecule has 1 unspecified atom stereocenters. The maximum Gasteiger partial charge on any atom is 0.373 e. The molecule has 1 aromatic heterocycles. The Kier molecular flexibility index (Phi) is 5.20. The Labute approximate surface area is 132 Å². The highest BCUT2D eigenvalue weighted by atomic mass is 79.9. The number of carbonyl (C=O) groups excluding carboxylic acids is 1. The third-order valence-electron chi connectivity index (χ3n) is 3.31. The largest absolute Gasteiger partial charge is 0.463 e. The second-order valence-corrected chi connectivity index (χ2v) is 5.68. The number of hydrogen-bond donors (Lipinski definition) is 1. The van der Waals surface area contributed by atoms with Crippen molar-refractivity contribution in [3.05, 3.63) is 58.0 Å². The summed E-state index contributed by atoms with van der Waals surface area (Å²) in [7, 11) is 1.33. The van der Waals surface area contributed by atoms with E-state index in [1.807, 2.05) is 25.1 Å². The number of halogens is 1. The molecule has 21 heavy (non-hydrogen) atoms. The van der Waals surface area contributed by atoms with Crippen LogP contribution in [0, 0.1) is 0 Å². The van der Waals surface area contributed by atoms with Gasteiger partial charge < -0.3 is 14.5 Å². The third kappa shape index (κ3) is 3.74. The lowest BCUT2D eigenvalue weighted by Gasteiger charge is -2.20. The fourth-order valence-electron chi connectivity index (χ4n) is 2.17. The summed E-state index contributed by atoms with van der Waals surface area (Å²) in [5, 5.41) is 3.45. The fraction of sp³-hybridized carbons (Fsp3) is 0.312. The van der Waals surface area contributed by atoms with Crippen molar-refractivity contribution in [2.24, 2.45) is 0 Å². The molecular weight excluding hydrogens is 334 g/mol. The quantitative estimate of drug-likeness (QED) is 0.818. The van der Waals surface area contributed by atoms with Gasteiger partial charge in [0.05, 0.1) is 13.2 Å². The van der Waals surface area contributed by atoms with E-state index < -0.39 is 5.97 Å². The van der Waals surface area contributed by atoms with Gasteiger partial charge in [0, 0.05) is 10.5 Å². The topological polar surface area (TPSA) is 51.5 Å². The number of rotatable bonds is 5. The number of nitrogens with one attached hydrogen (secondary N) is 1. The minimum Gasteiger partial charge on any atom is -0.463 e. The molecule has 0 saturated heterocycles. The van der Waals surface area contributed by atoms with Gasteiger partial charge in [-0.05, 0) is 37.6 Å². The van der Waals surface area contributed by atoms with E-state index in [2.05, 4.69) is 39.0 Å². The lowest BCUT2D eigenvalue weighted by molar-refractivity contribution is 0.0562. The van der Waals surface area contributed by atoms with E-state index >= 15 is 0 Å². The Morgan fingerprint density at radius 2 is 1.90 bits per heavy atom. The Hall–Kier alpha value is -1.59. The molecule has 0 amide bonds. The van der Waals surface area contributed by atoms with Crippen LogP contribution in [0.2, 0.25) is 0 Å². The zero-order valence-electron chi connectivity index (χ0n) is 12.2. The van der Waals surface area contributed by atoms with E-state index in [4.69, 9.17) is 4.42 Å². The summed E-state index contributed by atoms with van der Waals surface area (Å²) in [5.74, 6) is 0.455. The molecule has 1 aromatic carbocycles. The van der Waals surface area contributed by atoms with Crippen molar-refractivity contribution in [2.75, 3.05) is 7.11 Å². The van der Waals surface area contributed by atoms with E-state index in [-0.39, 0.29) is 17.8 Å². The van der Waals surface area contributed by atoms with Gasteiger partial charge >= 0.3 is 5.97 Å². The Bertz CT molecular complexity index is 623. The number of carbonyl (C=O) groups is 1. The lowest BCUT2D eigenvalue weighted by Crippen LogP contribution is -2.22. The van der Waals surface area contributed by atoms with Crippen molar-refractivity contribution >= 4 is 21.9 Å². The molecule has 0 aliphatic carbocycles. The molecule has 4 nitrogen and oxygen atoms in total. The standard InChI is InChI=1S/C16H18BrNO3/c1-10(12-6-4-5-7-13(12)17)18-11(2)14-8-9-15(21-14)16(19)20-3/h4-11,18H,1-3H3/t10-,11?/m1/s1. The van der Waals surface area contributed by atoms with Gasteiger partial charge in [-0.15, -0.1) is 0 Å². The molecule has 5 heteroatoms. The van der Waals surface area contributed by atoms with Crippen molar-refractivity contribution in [3.8, 4) is 0 Å². The average molecular weight is 352 g/mol. The highest BCUT2D eigenvalue weighted by Crippen LogP contribution is 2.26. The predicted molar refractivity (Wildman–Crippen MR) is 84.2 cm³/mol. The van der Waals surface area contributed by atoms with Crippen molar-refractivity contribution < 1.29 is 13.9 Å². The third-order valence-corrected chi connectivity index (χ3v) is 4.03. The van der Waals surface area contributed by atoms with Crippen LogP contribution in [0.15, 0.2) is 45.3 Å². The van der Waals surface area contributed by atoms with E-state index in [1.165, 1.54) is 12.7 Å². The summed E-state index contributed by atoms with van der Waals surface area (Å²) in [5.41, 5.74) is 1.17. The summed E-state index contributed by atoms with van der Waals surface area (Å²) < 4.78 is 11.2. The van der Waals surface area contributed by atoms with Crippen LogP contribution >= 0.6 is 15.9 Å². The van der Waals surface area contributed by atoms with Crippen LogP contribution in [0.5, 0.6) is 0 Å². The number of furan rings is 1.